The van der Waals surface area contributed by atoms with Gasteiger partial charge in [-0.15, -0.1) is 0 Å². The highest BCUT2D eigenvalue weighted by Gasteiger charge is 2.03. The molecule has 1 aromatic rings. The summed E-state index contributed by atoms with van der Waals surface area (Å²) in [5, 5.41) is 2.75. The third kappa shape index (κ3) is 6.99. The molecule has 0 aliphatic carbocycles. The lowest BCUT2D eigenvalue weighted by Gasteiger charge is -2.09. The number of amides is 1. The molecule has 0 aliphatic rings. The van der Waals surface area contributed by atoms with Gasteiger partial charge in [-0.2, -0.15) is 0 Å². The van der Waals surface area contributed by atoms with Crippen molar-refractivity contribution in [2.24, 2.45) is 5.73 Å². The van der Waals surface area contributed by atoms with Gasteiger partial charge in [-0.3, -0.25) is 4.79 Å². The average molecular weight is 280 g/mol. The van der Waals surface area contributed by atoms with Crippen molar-refractivity contribution in [3.05, 3.63) is 24.3 Å². The number of hydrogen-bond donors (Lipinski definition) is 2. The second-order valence-corrected chi connectivity index (χ2v) is 4.72. The molecule has 1 unspecified atom stereocenters. The molecule has 3 N–H and O–H groups in total. The topological polar surface area (TPSA) is 73.6 Å². The standard InChI is InChI=1S/C15H24N2O3/c1-3-10-19-13-4-6-14(7-5-13)20-11-15(18)17-9-8-12(2)16/h4-7,12H,3,8-11,16H2,1-2H3,(H,17,18). The Balaban J connectivity index is 2.25. The van der Waals surface area contributed by atoms with Gasteiger partial charge in [0.1, 0.15) is 11.5 Å². The monoisotopic (exact) mass is 280 g/mol. The van der Waals surface area contributed by atoms with Crippen LogP contribution in [-0.2, 0) is 4.79 Å². The quantitative estimate of drug-likeness (QED) is 0.722. The molecule has 0 bridgehead atoms. The lowest BCUT2D eigenvalue weighted by molar-refractivity contribution is -0.123. The van der Waals surface area contributed by atoms with Crippen LogP contribution in [0.15, 0.2) is 24.3 Å². The Labute approximate surface area is 120 Å². The van der Waals surface area contributed by atoms with Gasteiger partial charge in [0, 0.05) is 12.6 Å². The Hall–Kier alpha value is -1.75. The lowest BCUT2D eigenvalue weighted by Crippen LogP contribution is -2.32. The molecular formula is C15H24N2O3. The predicted molar refractivity (Wildman–Crippen MR) is 79.0 cm³/mol. The largest absolute Gasteiger partial charge is 0.494 e. The molecule has 0 aliphatic heterocycles. The zero-order valence-corrected chi connectivity index (χ0v) is 12.2. The van der Waals surface area contributed by atoms with E-state index >= 15 is 0 Å². The number of ether oxygens (including phenoxy) is 2. The van der Waals surface area contributed by atoms with E-state index in [-0.39, 0.29) is 18.6 Å². The summed E-state index contributed by atoms with van der Waals surface area (Å²) in [4.78, 5) is 11.5. The molecule has 20 heavy (non-hydrogen) atoms. The second-order valence-electron chi connectivity index (χ2n) is 4.72. The van der Waals surface area contributed by atoms with Crippen LogP contribution in [0.3, 0.4) is 0 Å². The van der Waals surface area contributed by atoms with Gasteiger partial charge < -0.3 is 20.5 Å². The Morgan fingerprint density at radius 2 is 1.85 bits per heavy atom. The van der Waals surface area contributed by atoms with Crippen LogP contribution in [0.2, 0.25) is 0 Å². The van der Waals surface area contributed by atoms with Gasteiger partial charge in [-0.1, -0.05) is 6.92 Å². The van der Waals surface area contributed by atoms with Crippen LogP contribution in [0.5, 0.6) is 11.5 Å². The van der Waals surface area contributed by atoms with Gasteiger partial charge in [0.25, 0.3) is 5.91 Å². The van der Waals surface area contributed by atoms with Crippen LogP contribution in [0.4, 0.5) is 0 Å². The molecule has 0 heterocycles. The number of carbonyl (C=O) groups excluding carboxylic acids is 1. The van der Waals surface area contributed by atoms with Crippen LogP contribution in [-0.4, -0.2) is 31.7 Å². The van der Waals surface area contributed by atoms with Crippen LogP contribution in [0.1, 0.15) is 26.7 Å². The third-order valence-electron chi connectivity index (χ3n) is 2.59. The fourth-order valence-electron chi connectivity index (χ4n) is 1.49. The molecule has 0 saturated heterocycles. The van der Waals surface area contributed by atoms with Crippen molar-refractivity contribution in [1.29, 1.82) is 0 Å². The van der Waals surface area contributed by atoms with Crippen molar-refractivity contribution in [3.8, 4) is 11.5 Å². The van der Waals surface area contributed by atoms with Gasteiger partial charge in [0.05, 0.1) is 6.61 Å². The summed E-state index contributed by atoms with van der Waals surface area (Å²) < 4.78 is 10.9. The molecule has 0 aromatic heterocycles. The highest BCUT2D eigenvalue weighted by molar-refractivity contribution is 5.77. The van der Waals surface area contributed by atoms with E-state index in [1.165, 1.54) is 0 Å². The fourth-order valence-corrected chi connectivity index (χ4v) is 1.49. The van der Waals surface area contributed by atoms with Gasteiger partial charge >= 0.3 is 0 Å². The number of benzene rings is 1. The predicted octanol–water partition coefficient (Wildman–Crippen LogP) is 1.71. The smallest absolute Gasteiger partial charge is 0.257 e. The molecule has 112 valence electrons. The Kier molecular flexibility index (Phi) is 7.50. The van der Waals surface area contributed by atoms with Crippen molar-refractivity contribution in [2.45, 2.75) is 32.7 Å². The number of carbonyl (C=O) groups is 1. The maximum atomic E-state index is 11.5. The molecule has 0 spiro atoms. The zero-order chi connectivity index (χ0) is 14.8. The first-order chi connectivity index (χ1) is 9.61. The van der Waals surface area contributed by atoms with Gasteiger partial charge in [-0.05, 0) is 44.0 Å². The summed E-state index contributed by atoms with van der Waals surface area (Å²) in [6.07, 6.45) is 1.73. The van der Waals surface area contributed by atoms with Gasteiger partial charge in [-0.25, -0.2) is 0 Å². The van der Waals surface area contributed by atoms with Gasteiger partial charge in [0.15, 0.2) is 6.61 Å². The number of hydrogen-bond acceptors (Lipinski definition) is 4. The SMILES string of the molecule is CCCOc1ccc(OCC(=O)NCCC(C)N)cc1. The van der Waals surface area contributed by atoms with Crippen molar-refractivity contribution in [3.63, 3.8) is 0 Å². The van der Waals surface area contributed by atoms with E-state index in [1.807, 2.05) is 19.1 Å². The van der Waals surface area contributed by atoms with E-state index in [4.69, 9.17) is 15.2 Å². The maximum absolute atomic E-state index is 11.5. The first-order valence-electron chi connectivity index (χ1n) is 6.99. The summed E-state index contributed by atoms with van der Waals surface area (Å²) >= 11 is 0. The Bertz CT molecular complexity index is 391. The molecule has 0 fully saturated rings. The zero-order valence-electron chi connectivity index (χ0n) is 12.2. The van der Waals surface area contributed by atoms with Crippen LogP contribution < -0.4 is 20.5 Å². The highest BCUT2D eigenvalue weighted by Crippen LogP contribution is 2.17. The highest BCUT2D eigenvalue weighted by atomic mass is 16.5. The molecular weight excluding hydrogens is 256 g/mol. The second kappa shape index (κ2) is 9.20. The number of rotatable bonds is 9. The van der Waals surface area contributed by atoms with Crippen molar-refractivity contribution in [2.75, 3.05) is 19.8 Å². The van der Waals surface area contributed by atoms with Crippen LogP contribution in [0, 0.1) is 0 Å². The normalized spacial score (nSPS) is 11.8. The van der Waals surface area contributed by atoms with E-state index in [2.05, 4.69) is 12.2 Å². The summed E-state index contributed by atoms with van der Waals surface area (Å²) in [6.45, 7) is 5.24. The summed E-state index contributed by atoms with van der Waals surface area (Å²) in [5.41, 5.74) is 5.60. The molecule has 0 radical (unpaired) electrons. The summed E-state index contributed by atoms with van der Waals surface area (Å²) in [6, 6.07) is 7.34. The van der Waals surface area contributed by atoms with E-state index in [1.54, 1.807) is 12.1 Å². The number of nitrogens with two attached hydrogens (primary N) is 1. The van der Waals surface area contributed by atoms with E-state index < -0.39 is 0 Å². The van der Waals surface area contributed by atoms with E-state index in [0.29, 0.717) is 18.9 Å². The number of nitrogens with one attached hydrogen (secondary N) is 1. The van der Waals surface area contributed by atoms with E-state index in [0.717, 1.165) is 18.6 Å². The lowest BCUT2D eigenvalue weighted by atomic mass is 10.2. The Morgan fingerprint density at radius 3 is 2.40 bits per heavy atom. The molecule has 1 aromatic carbocycles. The third-order valence-corrected chi connectivity index (χ3v) is 2.59. The molecule has 1 rings (SSSR count). The maximum Gasteiger partial charge on any atom is 0.257 e. The van der Waals surface area contributed by atoms with Crippen LogP contribution in [0.25, 0.3) is 0 Å². The molecule has 0 saturated carbocycles. The molecule has 1 amide bonds. The fraction of sp³-hybridized carbons (Fsp3) is 0.533. The first-order valence-corrected chi connectivity index (χ1v) is 6.99. The molecule has 1 atom stereocenters. The van der Waals surface area contributed by atoms with Crippen molar-refractivity contribution < 1.29 is 14.3 Å². The minimum absolute atomic E-state index is 0.00805. The minimum Gasteiger partial charge on any atom is -0.494 e. The summed E-state index contributed by atoms with van der Waals surface area (Å²) in [7, 11) is 0. The molecule has 5 nitrogen and oxygen atoms in total. The first kappa shape index (κ1) is 16.3. The van der Waals surface area contributed by atoms with Gasteiger partial charge in [0.2, 0.25) is 0 Å². The van der Waals surface area contributed by atoms with E-state index in [9.17, 15) is 4.79 Å². The van der Waals surface area contributed by atoms with Crippen molar-refractivity contribution in [1.82, 2.24) is 5.32 Å². The van der Waals surface area contributed by atoms with Crippen molar-refractivity contribution >= 4 is 5.91 Å². The minimum atomic E-state index is -0.142. The summed E-state index contributed by atoms with van der Waals surface area (Å²) in [5.74, 6) is 1.31. The Morgan fingerprint density at radius 1 is 1.25 bits per heavy atom. The average Bonchev–Trinajstić information content (AvgIpc) is 2.43. The molecule has 5 heteroatoms. The van der Waals surface area contributed by atoms with Crippen LogP contribution >= 0.6 is 0 Å².